The summed E-state index contributed by atoms with van der Waals surface area (Å²) in [5.74, 6) is -1.59. The van der Waals surface area contributed by atoms with Crippen LogP contribution < -0.4 is 14.3 Å². The molecular weight excluding hydrogens is 411 g/mol. The van der Waals surface area contributed by atoms with Crippen molar-refractivity contribution in [3.63, 3.8) is 0 Å². The number of phenolic OH excluding ortho intramolecular Hbond substituents is 1. The largest absolute Gasteiger partial charge is 0.506 e. The van der Waals surface area contributed by atoms with Crippen molar-refractivity contribution in [2.75, 3.05) is 16.2 Å². The highest BCUT2D eigenvalue weighted by atomic mass is 32.2. The lowest BCUT2D eigenvalue weighted by molar-refractivity contribution is -0.117. The summed E-state index contributed by atoms with van der Waals surface area (Å²) >= 11 is 0. The maximum absolute atomic E-state index is 14.7. The van der Waals surface area contributed by atoms with E-state index in [0.29, 0.717) is 21.5 Å². The molecule has 1 saturated heterocycles. The van der Waals surface area contributed by atoms with Gasteiger partial charge in [-0.25, -0.2) is 18.4 Å². The van der Waals surface area contributed by atoms with Crippen LogP contribution in [0.25, 0.3) is 11.1 Å². The Bertz CT molecular complexity index is 1030. The van der Waals surface area contributed by atoms with E-state index in [2.05, 4.69) is 10.3 Å². The quantitative estimate of drug-likeness (QED) is 0.638. The molecule has 10 heteroatoms. The predicted molar refractivity (Wildman–Crippen MR) is 111 cm³/mol. The molecule has 8 nitrogen and oxygen atoms in total. The Morgan fingerprint density at radius 2 is 1.87 bits per heavy atom. The van der Waals surface area contributed by atoms with Crippen molar-refractivity contribution in [2.24, 2.45) is 0 Å². The van der Waals surface area contributed by atoms with Crippen LogP contribution in [0.5, 0.6) is 5.75 Å². The average molecular weight is 434 g/mol. The third kappa shape index (κ3) is 4.18. The lowest BCUT2D eigenvalue weighted by Gasteiger charge is -2.18. The van der Waals surface area contributed by atoms with E-state index in [-0.39, 0.29) is 0 Å². The number of carbonyl (C=O) groups excluding carboxylic acids is 1. The standard InChI is InChI=1S/C20H23FN4O4S/c21-16-9-14(10-17(26)20(16)25-12-19(27)24-30(25,28)29)13-7-8-18(22-11-13)23-15-5-3-1-2-4-6-15/h7-11,15,26H,1-6,12H2,(H,22,23)(H,24,27). The number of aromatic nitrogens is 1. The second-order valence-corrected chi connectivity index (χ2v) is 9.22. The normalized spacial score (nSPS) is 19.4. The van der Waals surface area contributed by atoms with Crippen LogP contribution in [0.3, 0.4) is 0 Å². The third-order valence-electron chi connectivity index (χ3n) is 5.42. The lowest BCUT2D eigenvalue weighted by atomic mass is 10.1. The zero-order valence-corrected chi connectivity index (χ0v) is 17.1. The highest BCUT2D eigenvalue weighted by Gasteiger charge is 2.37. The predicted octanol–water partition coefficient (Wildman–Crippen LogP) is 2.91. The molecule has 1 saturated carbocycles. The van der Waals surface area contributed by atoms with Crippen molar-refractivity contribution in [3.8, 4) is 16.9 Å². The number of amides is 1. The van der Waals surface area contributed by atoms with Gasteiger partial charge in [-0.05, 0) is 42.7 Å². The minimum Gasteiger partial charge on any atom is -0.506 e. The van der Waals surface area contributed by atoms with Crippen LogP contribution in [-0.2, 0) is 15.0 Å². The smallest absolute Gasteiger partial charge is 0.326 e. The molecule has 1 aromatic heterocycles. The number of nitrogens with one attached hydrogen (secondary N) is 2. The van der Waals surface area contributed by atoms with Gasteiger partial charge in [0.2, 0.25) is 0 Å². The molecule has 0 spiro atoms. The minimum atomic E-state index is -4.22. The minimum absolute atomic E-state index is 0.346. The van der Waals surface area contributed by atoms with Gasteiger partial charge in [-0.3, -0.25) is 4.79 Å². The molecule has 0 radical (unpaired) electrons. The summed E-state index contributed by atoms with van der Waals surface area (Å²) in [6, 6.07) is 6.33. The zero-order valence-electron chi connectivity index (χ0n) is 16.3. The summed E-state index contributed by atoms with van der Waals surface area (Å²) in [5.41, 5.74) is 0.357. The first kappa shape index (κ1) is 20.4. The number of nitrogens with zero attached hydrogens (tertiary/aromatic N) is 2. The Morgan fingerprint density at radius 3 is 2.43 bits per heavy atom. The van der Waals surface area contributed by atoms with Crippen molar-refractivity contribution in [2.45, 2.75) is 44.6 Å². The number of phenols is 1. The van der Waals surface area contributed by atoms with Crippen molar-refractivity contribution in [3.05, 3.63) is 36.3 Å². The van der Waals surface area contributed by atoms with Crippen LogP contribution in [0.2, 0.25) is 0 Å². The Labute approximate surface area is 174 Å². The molecule has 2 aliphatic rings. The summed E-state index contributed by atoms with van der Waals surface area (Å²) in [6.45, 7) is -0.588. The van der Waals surface area contributed by atoms with Gasteiger partial charge in [0.1, 0.15) is 23.8 Å². The average Bonchev–Trinajstić information content (AvgIpc) is 2.85. The number of hydrogen-bond donors (Lipinski definition) is 3. The number of benzene rings is 1. The molecule has 4 rings (SSSR count). The monoisotopic (exact) mass is 434 g/mol. The van der Waals surface area contributed by atoms with Gasteiger partial charge in [0.05, 0.1) is 0 Å². The summed E-state index contributed by atoms with van der Waals surface area (Å²) < 4.78 is 40.9. The summed E-state index contributed by atoms with van der Waals surface area (Å²) in [4.78, 5) is 15.8. The maximum Gasteiger partial charge on any atom is 0.326 e. The van der Waals surface area contributed by atoms with Gasteiger partial charge in [0.25, 0.3) is 5.91 Å². The van der Waals surface area contributed by atoms with Crippen LogP contribution in [-0.4, -0.2) is 37.0 Å². The molecule has 1 amide bonds. The highest BCUT2D eigenvalue weighted by molar-refractivity contribution is 7.92. The van der Waals surface area contributed by atoms with E-state index in [0.717, 1.165) is 24.7 Å². The van der Waals surface area contributed by atoms with Crippen molar-refractivity contribution in [1.29, 1.82) is 0 Å². The van der Waals surface area contributed by atoms with Gasteiger partial charge in [-0.2, -0.15) is 8.42 Å². The molecule has 30 heavy (non-hydrogen) atoms. The van der Waals surface area contributed by atoms with Gasteiger partial charge >= 0.3 is 10.2 Å². The molecule has 1 aliphatic heterocycles. The van der Waals surface area contributed by atoms with Crippen molar-refractivity contribution < 1.29 is 22.7 Å². The molecule has 2 aromatic rings. The summed E-state index contributed by atoms with van der Waals surface area (Å²) in [7, 11) is -4.22. The van der Waals surface area contributed by atoms with Gasteiger partial charge in [0.15, 0.2) is 5.82 Å². The van der Waals surface area contributed by atoms with E-state index in [4.69, 9.17) is 0 Å². The Balaban J connectivity index is 1.55. The first-order valence-electron chi connectivity index (χ1n) is 9.92. The van der Waals surface area contributed by atoms with E-state index in [9.17, 15) is 22.7 Å². The number of halogens is 1. The first-order valence-corrected chi connectivity index (χ1v) is 11.4. The van der Waals surface area contributed by atoms with Crippen molar-refractivity contribution >= 4 is 27.6 Å². The topological polar surface area (TPSA) is 112 Å². The molecule has 2 heterocycles. The Morgan fingerprint density at radius 1 is 1.13 bits per heavy atom. The number of hydrogen-bond acceptors (Lipinski definition) is 6. The van der Waals surface area contributed by atoms with E-state index < -0.39 is 39.9 Å². The Hall–Kier alpha value is -2.88. The third-order valence-corrected chi connectivity index (χ3v) is 6.79. The summed E-state index contributed by atoms with van der Waals surface area (Å²) in [5, 5.41) is 13.7. The molecule has 0 atom stereocenters. The van der Waals surface area contributed by atoms with E-state index in [1.807, 2.05) is 0 Å². The molecule has 2 fully saturated rings. The first-order chi connectivity index (χ1) is 14.3. The molecule has 1 aromatic carbocycles. The van der Waals surface area contributed by atoms with Crippen LogP contribution in [0.4, 0.5) is 15.9 Å². The van der Waals surface area contributed by atoms with E-state index in [1.54, 1.807) is 23.1 Å². The molecule has 1 aliphatic carbocycles. The van der Waals surface area contributed by atoms with E-state index >= 15 is 0 Å². The second-order valence-electron chi connectivity index (χ2n) is 7.63. The fourth-order valence-corrected chi connectivity index (χ4v) is 5.10. The number of carbonyl (C=O) groups is 1. The number of aromatic hydroxyl groups is 1. The molecule has 0 bridgehead atoms. The number of anilines is 2. The van der Waals surface area contributed by atoms with Gasteiger partial charge in [-0.15, -0.1) is 0 Å². The highest BCUT2D eigenvalue weighted by Crippen LogP contribution is 2.37. The summed E-state index contributed by atoms with van der Waals surface area (Å²) in [6.07, 6.45) is 8.73. The molecule has 3 N–H and O–H groups in total. The zero-order chi connectivity index (χ0) is 21.3. The van der Waals surface area contributed by atoms with Gasteiger partial charge in [-0.1, -0.05) is 25.7 Å². The lowest BCUT2D eigenvalue weighted by Crippen LogP contribution is -2.30. The SMILES string of the molecule is O=C1CN(c2c(O)cc(-c3ccc(NC4CCCCCC4)nc3)cc2F)S(=O)(=O)N1. The fraction of sp³-hybridized carbons (Fsp3) is 0.400. The van der Waals surface area contributed by atoms with Crippen LogP contribution in [0.15, 0.2) is 30.5 Å². The molecular formula is C20H23FN4O4S. The number of pyridine rings is 1. The van der Waals surface area contributed by atoms with Crippen molar-refractivity contribution in [1.82, 2.24) is 9.71 Å². The number of rotatable bonds is 4. The van der Waals surface area contributed by atoms with Gasteiger partial charge < -0.3 is 10.4 Å². The van der Waals surface area contributed by atoms with E-state index in [1.165, 1.54) is 31.7 Å². The van der Waals surface area contributed by atoms with Crippen LogP contribution in [0.1, 0.15) is 38.5 Å². The van der Waals surface area contributed by atoms with Crippen LogP contribution in [0, 0.1) is 5.82 Å². The van der Waals surface area contributed by atoms with Crippen LogP contribution >= 0.6 is 0 Å². The van der Waals surface area contributed by atoms with Gasteiger partial charge in [0, 0.05) is 17.8 Å². The fourth-order valence-electron chi connectivity index (χ4n) is 3.93. The molecule has 160 valence electrons. The maximum atomic E-state index is 14.7. The molecule has 0 unspecified atom stereocenters. The Kier molecular flexibility index (Phi) is 5.50. The second kappa shape index (κ2) is 8.10.